The number of carbonyl (C=O) groups excluding carboxylic acids is 1. The molecule has 1 unspecified atom stereocenters. The second-order valence-corrected chi connectivity index (χ2v) is 5.74. The quantitative estimate of drug-likeness (QED) is 0.810. The van der Waals surface area contributed by atoms with E-state index in [0.29, 0.717) is 0 Å². The van der Waals surface area contributed by atoms with Crippen LogP contribution in [0.4, 0.5) is 10.5 Å². The molecule has 106 valence electrons. The summed E-state index contributed by atoms with van der Waals surface area (Å²) < 4.78 is 0. The van der Waals surface area contributed by atoms with Crippen LogP contribution in [-0.4, -0.2) is 17.7 Å². The molecule has 2 rings (SSSR count). The van der Waals surface area contributed by atoms with Crippen molar-refractivity contribution in [2.45, 2.75) is 19.4 Å². The fourth-order valence-electron chi connectivity index (χ4n) is 1.74. The number of urea groups is 1. The Kier molecular flexibility index (Phi) is 4.42. The summed E-state index contributed by atoms with van der Waals surface area (Å²) in [7, 11) is 0. The Morgan fingerprint density at radius 1 is 1.30 bits per heavy atom. The van der Waals surface area contributed by atoms with Gasteiger partial charge in [0.2, 0.25) is 0 Å². The smallest absolute Gasteiger partial charge is 0.319 e. The van der Waals surface area contributed by atoms with Crippen LogP contribution in [0.5, 0.6) is 0 Å². The van der Waals surface area contributed by atoms with Crippen molar-refractivity contribution in [2.75, 3.05) is 11.9 Å². The van der Waals surface area contributed by atoms with E-state index in [4.69, 9.17) is 0 Å². The Morgan fingerprint density at radius 2 is 2.00 bits per heavy atom. The number of hydrogen-bond donors (Lipinski definition) is 3. The lowest BCUT2D eigenvalue weighted by Gasteiger charge is -2.22. The highest BCUT2D eigenvalue weighted by molar-refractivity contribution is 7.08. The highest BCUT2D eigenvalue weighted by Gasteiger charge is 2.24. The summed E-state index contributed by atoms with van der Waals surface area (Å²) in [6.45, 7) is 3.82. The Bertz CT molecular complexity index is 562. The summed E-state index contributed by atoms with van der Waals surface area (Å²) in [4.78, 5) is 11.8. The lowest BCUT2D eigenvalue weighted by Crippen LogP contribution is -2.40. The van der Waals surface area contributed by atoms with Gasteiger partial charge in [0.05, 0.1) is 6.54 Å². The average Bonchev–Trinajstić information content (AvgIpc) is 2.94. The number of benzene rings is 1. The molecular weight excluding hydrogens is 272 g/mol. The van der Waals surface area contributed by atoms with E-state index in [0.717, 1.165) is 16.8 Å². The van der Waals surface area contributed by atoms with Gasteiger partial charge in [-0.1, -0.05) is 17.7 Å². The van der Waals surface area contributed by atoms with Gasteiger partial charge in [-0.3, -0.25) is 0 Å². The molecule has 2 aromatic rings. The molecule has 5 heteroatoms. The SMILES string of the molecule is Cc1ccc(NC(=O)NCC(C)(O)c2ccsc2)cc1. The molecule has 0 spiro atoms. The molecule has 1 aromatic carbocycles. The predicted molar refractivity (Wildman–Crippen MR) is 82.1 cm³/mol. The molecular formula is C15H18N2O2S. The van der Waals surface area contributed by atoms with Crippen molar-refractivity contribution in [3.8, 4) is 0 Å². The molecule has 0 radical (unpaired) electrons. The Balaban J connectivity index is 1.88. The molecule has 3 N–H and O–H groups in total. The number of amides is 2. The largest absolute Gasteiger partial charge is 0.384 e. The zero-order chi connectivity index (χ0) is 14.6. The molecule has 2 amide bonds. The number of carbonyl (C=O) groups is 1. The highest BCUT2D eigenvalue weighted by atomic mass is 32.1. The summed E-state index contributed by atoms with van der Waals surface area (Å²) >= 11 is 1.52. The molecule has 0 aliphatic rings. The fourth-order valence-corrected chi connectivity index (χ4v) is 2.52. The van der Waals surface area contributed by atoms with E-state index in [1.165, 1.54) is 11.3 Å². The maximum atomic E-state index is 11.8. The van der Waals surface area contributed by atoms with Gasteiger partial charge >= 0.3 is 6.03 Å². The molecule has 0 saturated heterocycles. The van der Waals surface area contributed by atoms with Gasteiger partial charge in [0.15, 0.2) is 0 Å². The third-order valence-corrected chi connectivity index (χ3v) is 3.73. The third kappa shape index (κ3) is 3.82. The van der Waals surface area contributed by atoms with E-state index >= 15 is 0 Å². The maximum Gasteiger partial charge on any atom is 0.319 e. The van der Waals surface area contributed by atoms with E-state index in [-0.39, 0.29) is 12.6 Å². The Labute approximate surface area is 122 Å². The standard InChI is InChI=1S/C15H18N2O2S/c1-11-3-5-13(6-4-11)17-14(18)16-10-15(2,19)12-7-8-20-9-12/h3-9,19H,10H2,1-2H3,(H2,16,17,18). The van der Waals surface area contributed by atoms with Gasteiger partial charge in [0, 0.05) is 5.69 Å². The summed E-state index contributed by atoms with van der Waals surface area (Å²) in [6.07, 6.45) is 0. The van der Waals surface area contributed by atoms with Crippen molar-refractivity contribution in [2.24, 2.45) is 0 Å². The third-order valence-electron chi connectivity index (χ3n) is 3.05. The second kappa shape index (κ2) is 6.07. The molecule has 0 saturated carbocycles. The highest BCUT2D eigenvalue weighted by Crippen LogP contribution is 2.22. The number of rotatable bonds is 4. The molecule has 1 aromatic heterocycles. The predicted octanol–water partition coefficient (Wildman–Crippen LogP) is 3.09. The van der Waals surface area contributed by atoms with Crippen molar-refractivity contribution in [3.05, 3.63) is 52.2 Å². The van der Waals surface area contributed by atoms with Gasteiger partial charge < -0.3 is 15.7 Å². The van der Waals surface area contributed by atoms with Crippen molar-refractivity contribution in [1.82, 2.24) is 5.32 Å². The van der Waals surface area contributed by atoms with Crippen LogP contribution < -0.4 is 10.6 Å². The maximum absolute atomic E-state index is 11.8. The number of aliphatic hydroxyl groups is 1. The van der Waals surface area contributed by atoms with Crippen molar-refractivity contribution >= 4 is 23.1 Å². The van der Waals surface area contributed by atoms with Gasteiger partial charge in [-0.15, -0.1) is 0 Å². The minimum absolute atomic E-state index is 0.154. The molecule has 0 aliphatic carbocycles. The Hall–Kier alpha value is -1.85. The number of anilines is 1. The van der Waals surface area contributed by atoms with E-state index in [1.807, 2.05) is 48.0 Å². The number of nitrogens with one attached hydrogen (secondary N) is 2. The topological polar surface area (TPSA) is 61.4 Å². The van der Waals surface area contributed by atoms with Gasteiger partial charge in [0.25, 0.3) is 0 Å². The van der Waals surface area contributed by atoms with Gasteiger partial charge in [0.1, 0.15) is 5.60 Å². The van der Waals surface area contributed by atoms with Crippen LogP contribution in [0.2, 0.25) is 0 Å². The molecule has 1 atom stereocenters. The van der Waals surface area contributed by atoms with E-state index in [1.54, 1.807) is 6.92 Å². The first-order chi connectivity index (χ1) is 9.47. The summed E-state index contributed by atoms with van der Waals surface area (Å²) in [5, 5.41) is 19.5. The zero-order valence-electron chi connectivity index (χ0n) is 11.5. The van der Waals surface area contributed by atoms with Crippen LogP contribution >= 0.6 is 11.3 Å². The number of thiophene rings is 1. The first-order valence-electron chi connectivity index (χ1n) is 6.34. The monoisotopic (exact) mass is 290 g/mol. The number of aryl methyl sites for hydroxylation is 1. The molecule has 0 aliphatic heterocycles. The van der Waals surface area contributed by atoms with E-state index < -0.39 is 5.60 Å². The average molecular weight is 290 g/mol. The molecule has 20 heavy (non-hydrogen) atoms. The van der Waals surface area contributed by atoms with Crippen molar-refractivity contribution in [3.63, 3.8) is 0 Å². The Morgan fingerprint density at radius 3 is 2.60 bits per heavy atom. The summed E-state index contributed by atoms with van der Waals surface area (Å²) in [6, 6.07) is 9.06. The minimum Gasteiger partial charge on any atom is -0.384 e. The first-order valence-corrected chi connectivity index (χ1v) is 7.28. The fraction of sp³-hybridized carbons (Fsp3) is 0.267. The van der Waals surface area contributed by atoms with Gasteiger partial charge in [-0.25, -0.2) is 4.79 Å². The molecule has 4 nitrogen and oxygen atoms in total. The van der Waals surface area contributed by atoms with Crippen LogP contribution in [0.3, 0.4) is 0 Å². The van der Waals surface area contributed by atoms with Crippen LogP contribution in [0.25, 0.3) is 0 Å². The van der Waals surface area contributed by atoms with E-state index in [9.17, 15) is 9.90 Å². The molecule has 0 fully saturated rings. The summed E-state index contributed by atoms with van der Waals surface area (Å²) in [5.41, 5.74) is 1.60. The van der Waals surface area contributed by atoms with Crippen molar-refractivity contribution in [1.29, 1.82) is 0 Å². The lowest BCUT2D eigenvalue weighted by molar-refractivity contribution is 0.0604. The zero-order valence-corrected chi connectivity index (χ0v) is 12.3. The van der Waals surface area contributed by atoms with Crippen LogP contribution in [0, 0.1) is 6.92 Å². The number of hydrogen-bond acceptors (Lipinski definition) is 3. The van der Waals surface area contributed by atoms with Crippen molar-refractivity contribution < 1.29 is 9.90 Å². The van der Waals surface area contributed by atoms with Crippen LogP contribution in [0.15, 0.2) is 41.1 Å². The molecule has 1 heterocycles. The van der Waals surface area contributed by atoms with Crippen LogP contribution in [0.1, 0.15) is 18.1 Å². The minimum atomic E-state index is -1.06. The van der Waals surface area contributed by atoms with E-state index in [2.05, 4.69) is 10.6 Å². The summed E-state index contributed by atoms with van der Waals surface area (Å²) in [5.74, 6) is 0. The normalized spacial score (nSPS) is 13.6. The lowest BCUT2D eigenvalue weighted by atomic mass is 9.99. The van der Waals surface area contributed by atoms with Gasteiger partial charge in [-0.05, 0) is 48.4 Å². The van der Waals surface area contributed by atoms with Crippen LogP contribution in [-0.2, 0) is 5.60 Å². The first kappa shape index (κ1) is 14.6. The second-order valence-electron chi connectivity index (χ2n) is 4.96. The van der Waals surface area contributed by atoms with Gasteiger partial charge in [-0.2, -0.15) is 11.3 Å². The molecule has 0 bridgehead atoms.